The zero-order valence-corrected chi connectivity index (χ0v) is 13.6. The van der Waals surface area contributed by atoms with Crippen molar-refractivity contribution in [2.45, 2.75) is 71.6 Å². The number of likely N-dealkylation sites (tertiary alicyclic amines) is 1. The Kier molecular flexibility index (Phi) is 8.92. The van der Waals surface area contributed by atoms with Crippen LogP contribution in [0.4, 0.5) is 0 Å². The van der Waals surface area contributed by atoms with Gasteiger partial charge < -0.3 is 10.6 Å². The van der Waals surface area contributed by atoms with Gasteiger partial charge in [-0.2, -0.15) is 0 Å². The summed E-state index contributed by atoms with van der Waals surface area (Å²) < 4.78 is 0. The molecule has 1 heterocycles. The van der Waals surface area contributed by atoms with Gasteiger partial charge in [-0.05, 0) is 50.5 Å². The quantitative estimate of drug-likeness (QED) is 0.740. The topological polar surface area (TPSA) is 46.3 Å². The summed E-state index contributed by atoms with van der Waals surface area (Å²) in [6.45, 7) is 7.17. The molecule has 0 bridgehead atoms. The Morgan fingerprint density at radius 2 is 2.05 bits per heavy atom. The van der Waals surface area contributed by atoms with Crippen molar-refractivity contribution in [3.8, 4) is 0 Å². The van der Waals surface area contributed by atoms with Crippen LogP contribution in [0, 0.1) is 11.8 Å². The number of amides is 1. The molecule has 0 aromatic rings. The molecule has 1 aliphatic rings. The molecule has 1 aliphatic heterocycles. The summed E-state index contributed by atoms with van der Waals surface area (Å²) in [6, 6.07) is 0. The minimum atomic E-state index is 0.373. The highest BCUT2D eigenvalue weighted by molar-refractivity contribution is 5.76. The molecule has 0 saturated carbocycles. The number of hydrogen-bond acceptors (Lipinski definition) is 2. The summed E-state index contributed by atoms with van der Waals surface area (Å²) >= 11 is 0. The molecule has 2 N–H and O–H groups in total. The molecule has 0 aromatic carbocycles. The Hall–Kier alpha value is -0.570. The van der Waals surface area contributed by atoms with Crippen molar-refractivity contribution in [1.82, 2.24) is 4.90 Å². The fourth-order valence-corrected chi connectivity index (χ4v) is 3.39. The van der Waals surface area contributed by atoms with Gasteiger partial charge in [-0.3, -0.25) is 4.79 Å². The maximum Gasteiger partial charge on any atom is 0.222 e. The van der Waals surface area contributed by atoms with E-state index >= 15 is 0 Å². The van der Waals surface area contributed by atoms with Crippen molar-refractivity contribution in [3.63, 3.8) is 0 Å². The number of nitrogens with two attached hydrogens (primary N) is 1. The van der Waals surface area contributed by atoms with Crippen LogP contribution in [-0.4, -0.2) is 30.4 Å². The number of nitrogens with zero attached hydrogens (tertiary/aromatic N) is 1. The van der Waals surface area contributed by atoms with Crippen LogP contribution in [0.15, 0.2) is 0 Å². The van der Waals surface area contributed by atoms with E-state index < -0.39 is 0 Å². The molecule has 2 unspecified atom stereocenters. The molecule has 2 atom stereocenters. The molecular weight excluding hydrogens is 248 g/mol. The lowest BCUT2D eigenvalue weighted by molar-refractivity contribution is -0.131. The fourth-order valence-electron chi connectivity index (χ4n) is 3.39. The average Bonchev–Trinajstić information content (AvgIpc) is 2.69. The van der Waals surface area contributed by atoms with Gasteiger partial charge in [0.25, 0.3) is 0 Å². The largest absolute Gasteiger partial charge is 0.343 e. The second kappa shape index (κ2) is 10.2. The molecule has 0 spiro atoms. The first kappa shape index (κ1) is 17.5. The predicted octanol–water partition coefficient (Wildman–Crippen LogP) is 3.57. The SMILES string of the molecule is CCCC1CCCN(C(=O)CCC(CC)CCN)CC1. The predicted molar refractivity (Wildman–Crippen MR) is 85.5 cm³/mol. The number of hydrogen-bond donors (Lipinski definition) is 1. The van der Waals surface area contributed by atoms with Crippen molar-refractivity contribution >= 4 is 5.91 Å². The molecule has 1 amide bonds. The summed E-state index contributed by atoms with van der Waals surface area (Å²) in [5.74, 6) is 1.85. The van der Waals surface area contributed by atoms with Crippen LogP contribution in [0.3, 0.4) is 0 Å². The van der Waals surface area contributed by atoms with E-state index in [-0.39, 0.29) is 0 Å². The number of carbonyl (C=O) groups excluding carboxylic acids is 1. The Balaban J connectivity index is 2.32. The van der Waals surface area contributed by atoms with Crippen molar-refractivity contribution in [1.29, 1.82) is 0 Å². The maximum atomic E-state index is 12.3. The molecule has 3 nitrogen and oxygen atoms in total. The summed E-state index contributed by atoms with van der Waals surface area (Å²) in [5.41, 5.74) is 5.62. The van der Waals surface area contributed by atoms with E-state index in [9.17, 15) is 4.79 Å². The minimum absolute atomic E-state index is 0.373. The summed E-state index contributed by atoms with van der Waals surface area (Å²) in [5, 5.41) is 0. The molecule has 1 fully saturated rings. The number of rotatable bonds is 8. The molecule has 0 aromatic heterocycles. The monoisotopic (exact) mass is 282 g/mol. The highest BCUT2D eigenvalue weighted by atomic mass is 16.2. The van der Waals surface area contributed by atoms with Gasteiger partial charge >= 0.3 is 0 Å². The Bertz CT molecular complexity index is 268. The lowest BCUT2D eigenvalue weighted by atomic mass is 9.96. The van der Waals surface area contributed by atoms with Crippen LogP contribution < -0.4 is 5.73 Å². The van der Waals surface area contributed by atoms with Crippen molar-refractivity contribution in [2.24, 2.45) is 17.6 Å². The van der Waals surface area contributed by atoms with Crippen molar-refractivity contribution < 1.29 is 4.79 Å². The van der Waals surface area contributed by atoms with E-state index in [0.717, 1.165) is 51.2 Å². The Morgan fingerprint density at radius 3 is 2.70 bits per heavy atom. The van der Waals surface area contributed by atoms with Crippen LogP contribution in [0.2, 0.25) is 0 Å². The first-order valence-corrected chi connectivity index (χ1v) is 8.69. The van der Waals surface area contributed by atoms with Gasteiger partial charge in [-0.25, -0.2) is 0 Å². The molecule has 1 rings (SSSR count). The number of carbonyl (C=O) groups is 1. The second-order valence-electron chi connectivity index (χ2n) is 6.36. The third-order valence-electron chi connectivity index (χ3n) is 4.82. The molecule has 0 radical (unpaired) electrons. The molecule has 3 heteroatoms. The lowest BCUT2D eigenvalue weighted by Crippen LogP contribution is -2.32. The van der Waals surface area contributed by atoms with E-state index in [4.69, 9.17) is 5.73 Å². The van der Waals surface area contributed by atoms with E-state index in [1.54, 1.807) is 0 Å². The fraction of sp³-hybridized carbons (Fsp3) is 0.941. The Morgan fingerprint density at radius 1 is 1.25 bits per heavy atom. The molecule has 118 valence electrons. The van der Waals surface area contributed by atoms with Gasteiger partial charge in [0.1, 0.15) is 0 Å². The van der Waals surface area contributed by atoms with Gasteiger partial charge in [-0.15, -0.1) is 0 Å². The molecule has 0 aliphatic carbocycles. The van der Waals surface area contributed by atoms with Gasteiger partial charge in [-0.1, -0.05) is 33.1 Å². The minimum Gasteiger partial charge on any atom is -0.343 e. The van der Waals surface area contributed by atoms with Gasteiger partial charge in [0, 0.05) is 19.5 Å². The van der Waals surface area contributed by atoms with Crippen molar-refractivity contribution in [3.05, 3.63) is 0 Å². The summed E-state index contributed by atoms with van der Waals surface area (Å²) in [7, 11) is 0. The van der Waals surface area contributed by atoms with Crippen molar-refractivity contribution in [2.75, 3.05) is 19.6 Å². The van der Waals surface area contributed by atoms with Crippen LogP contribution >= 0.6 is 0 Å². The van der Waals surface area contributed by atoms with E-state index in [1.165, 1.54) is 32.1 Å². The van der Waals surface area contributed by atoms with E-state index in [0.29, 0.717) is 11.8 Å². The normalized spacial score (nSPS) is 21.6. The van der Waals surface area contributed by atoms with Gasteiger partial charge in [0.2, 0.25) is 5.91 Å². The highest BCUT2D eigenvalue weighted by Gasteiger charge is 2.20. The van der Waals surface area contributed by atoms with Crippen LogP contribution in [0.1, 0.15) is 71.6 Å². The van der Waals surface area contributed by atoms with Crippen LogP contribution in [0.25, 0.3) is 0 Å². The third-order valence-corrected chi connectivity index (χ3v) is 4.82. The smallest absolute Gasteiger partial charge is 0.222 e. The van der Waals surface area contributed by atoms with E-state index in [1.807, 2.05) is 0 Å². The summed E-state index contributed by atoms with van der Waals surface area (Å²) in [4.78, 5) is 14.5. The Labute approximate surface area is 125 Å². The van der Waals surface area contributed by atoms with Crippen LogP contribution in [0.5, 0.6) is 0 Å². The third kappa shape index (κ3) is 6.25. The van der Waals surface area contributed by atoms with E-state index in [2.05, 4.69) is 18.7 Å². The molecule has 1 saturated heterocycles. The maximum absolute atomic E-state index is 12.3. The lowest BCUT2D eigenvalue weighted by Gasteiger charge is -2.22. The highest BCUT2D eigenvalue weighted by Crippen LogP contribution is 2.23. The zero-order chi connectivity index (χ0) is 14.8. The second-order valence-corrected chi connectivity index (χ2v) is 6.36. The summed E-state index contributed by atoms with van der Waals surface area (Å²) in [6.07, 6.45) is 10.2. The molecular formula is C17H34N2O. The van der Waals surface area contributed by atoms with Gasteiger partial charge in [0.15, 0.2) is 0 Å². The van der Waals surface area contributed by atoms with Crippen LogP contribution in [-0.2, 0) is 4.79 Å². The molecule has 20 heavy (non-hydrogen) atoms. The first-order valence-electron chi connectivity index (χ1n) is 8.69. The average molecular weight is 282 g/mol. The first-order chi connectivity index (χ1) is 9.71. The standard InChI is InChI=1S/C17H34N2O/c1-3-6-16-7-5-13-19(14-11-16)17(20)9-8-15(4-2)10-12-18/h15-16H,3-14,18H2,1-2H3. The zero-order valence-electron chi connectivity index (χ0n) is 13.6. The van der Waals surface area contributed by atoms with Gasteiger partial charge in [0.05, 0.1) is 0 Å².